The third kappa shape index (κ3) is 2.61. The van der Waals surface area contributed by atoms with E-state index >= 15 is 0 Å². The van der Waals surface area contributed by atoms with E-state index in [1.54, 1.807) is 24.5 Å². The molecule has 90 valence electrons. The number of halogens is 1. The van der Waals surface area contributed by atoms with Gasteiger partial charge in [-0.2, -0.15) is 5.26 Å². The predicted octanol–water partition coefficient (Wildman–Crippen LogP) is 3.59. The topological polar surface area (TPSA) is 48.7 Å². The Kier molecular flexibility index (Phi) is 3.50. The van der Waals surface area contributed by atoms with Crippen molar-refractivity contribution in [1.29, 1.82) is 5.26 Å². The zero-order valence-corrected chi connectivity index (χ0v) is 10.6. The number of anilines is 1. The molecule has 1 aromatic carbocycles. The Morgan fingerprint density at radius 2 is 2.00 bits per heavy atom. The molecule has 0 unspecified atom stereocenters. The van der Waals surface area contributed by atoms with E-state index in [-0.39, 0.29) is 0 Å². The summed E-state index contributed by atoms with van der Waals surface area (Å²) in [6.45, 7) is 1.82. The first-order valence-corrected chi connectivity index (χ1v) is 5.87. The van der Waals surface area contributed by atoms with Gasteiger partial charge >= 0.3 is 0 Å². The average molecular weight is 258 g/mol. The summed E-state index contributed by atoms with van der Waals surface area (Å²) < 4.78 is 0. The Bertz CT molecular complexity index is 560. The molecule has 0 aliphatic rings. The molecule has 0 spiro atoms. The van der Waals surface area contributed by atoms with Crippen molar-refractivity contribution in [2.45, 2.75) is 12.5 Å². The van der Waals surface area contributed by atoms with Gasteiger partial charge in [0.25, 0.3) is 0 Å². The molecule has 0 amide bonds. The van der Waals surface area contributed by atoms with Crippen LogP contribution in [0.1, 0.15) is 12.5 Å². The van der Waals surface area contributed by atoms with E-state index in [9.17, 15) is 5.26 Å². The molecule has 2 rings (SSSR count). The SMILES string of the molecule is C[C@](C#N)(Nc1ccc(Cl)cc1)c1cccnc1. The number of hydrogen-bond acceptors (Lipinski definition) is 3. The zero-order chi connectivity index (χ0) is 13.0. The van der Waals surface area contributed by atoms with Crippen molar-refractivity contribution in [3.63, 3.8) is 0 Å². The second kappa shape index (κ2) is 5.07. The third-order valence-corrected chi connectivity index (χ3v) is 2.95. The summed E-state index contributed by atoms with van der Waals surface area (Å²) in [5.41, 5.74) is 0.844. The molecule has 0 fully saturated rings. The molecule has 18 heavy (non-hydrogen) atoms. The summed E-state index contributed by atoms with van der Waals surface area (Å²) in [6.07, 6.45) is 3.37. The Hall–Kier alpha value is -2.05. The van der Waals surface area contributed by atoms with Gasteiger partial charge in [-0.05, 0) is 37.3 Å². The van der Waals surface area contributed by atoms with Crippen LogP contribution in [-0.2, 0) is 5.54 Å². The first-order valence-electron chi connectivity index (χ1n) is 5.49. The smallest absolute Gasteiger partial charge is 0.149 e. The highest BCUT2D eigenvalue weighted by Gasteiger charge is 2.26. The number of rotatable bonds is 3. The van der Waals surface area contributed by atoms with E-state index in [1.165, 1.54) is 0 Å². The highest BCUT2D eigenvalue weighted by atomic mass is 35.5. The van der Waals surface area contributed by atoms with Crippen LogP contribution in [0.5, 0.6) is 0 Å². The molecule has 0 saturated carbocycles. The molecule has 2 aromatic rings. The molecule has 0 aliphatic carbocycles. The lowest BCUT2D eigenvalue weighted by atomic mass is 9.95. The molecule has 4 heteroatoms. The van der Waals surface area contributed by atoms with Gasteiger partial charge < -0.3 is 5.32 Å². The first kappa shape index (κ1) is 12.4. The second-order valence-corrected chi connectivity index (χ2v) is 4.55. The Labute approximate surface area is 111 Å². The molecule has 0 bridgehead atoms. The standard InChI is InChI=1S/C14H12ClN3/c1-14(10-16,11-3-2-8-17-9-11)18-13-6-4-12(15)5-7-13/h2-9,18H,1H3/t14-/m1/s1. The summed E-state index contributed by atoms with van der Waals surface area (Å²) in [5, 5.41) is 13.2. The molecule has 1 atom stereocenters. The lowest BCUT2D eigenvalue weighted by molar-refractivity contribution is 0.702. The van der Waals surface area contributed by atoms with E-state index in [1.807, 2.05) is 31.2 Å². The highest BCUT2D eigenvalue weighted by Crippen LogP contribution is 2.25. The van der Waals surface area contributed by atoms with Crippen molar-refractivity contribution < 1.29 is 0 Å². The normalized spacial score (nSPS) is 13.4. The van der Waals surface area contributed by atoms with Gasteiger partial charge in [-0.25, -0.2) is 0 Å². The van der Waals surface area contributed by atoms with Gasteiger partial charge in [0.2, 0.25) is 0 Å². The van der Waals surface area contributed by atoms with E-state index in [0.29, 0.717) is 5.02 Å². The summed E-state index contributed by atoms with van der Waals surface area (Å²) >= 11 is 5.83. The number of pyridine rings is 1. The van der Waals surface area contributed by atoms with Gasteiger partial charge in [-0.3, -0.25) is 4.98 Å². The minimum absolute atomic E-state index is 0.667. The van der Waals surface area contributed by atoms with Crippen LogP contribution in [0.15, 0.2) is 48.8 Å². The molecule has 1 aromatic heterocycles. The van der Waals surface area contributed by atoms with Crippen LogP contribution in [-0.4, -0.2) is 4.98 Å². The number of nitrogens with zero attached hydrogens (tertiary/aromatic N) is 2. The predicted molar refractivity (Wildman–Crippen MR) is 72.3 cm³/mol. The summed E-state index contributed by atoms with van der Waals surface area (Å²) in [7, 11) is 0. The maximum atomic E-state index is 9.39. The van der Waals surface area contributed by atoms with E-state index in [0.717, 1.165) is 11.3 Å². The average Bonchev–Trinajstić information content (AvgIpc) is 2.42. The third-order valence-electron chi connectivity index (χ3n) is 2.70. The fourth-order valence-electron chi connectivity index (χ4n) is 1.65. The molecule has 1 heterocycles. The highest BCUT2D eigenvalue weighted by molar-refractivity contribution is 6.30. The van der Waals surface area contributed by atoms with Crippen molar-refractivity contribution in [2.24, 2.45) is 0 Å². The Balaban J connectivity index is 2.30. The summed E-state index contributed by atoms with van der Waals surface area (Å²) in [4.78, 5) is 4.04. The van der Waals surface area contributed by atoms with Crippen molar-refractivity contribution >= 4 is 17.3 Å². The fourth-order valence-corrected chi connectivity index (χ4v) is 1.77. The van der Waals surface area contributed by atoms with Crippen LogP contribution in [0, 0.1) is 11.3 Å². The number of aromatic nitrogens is 1. The number of hydrogen-bond donors (Lipinski definition) is 1. The minimum Gasteiger partial charge on any atom is -0.364 e. The molecule has 0 saturated heterocycles. The largest absolute Gasteiger partial charge is 0.364 e. The van der Waals surface area contributed by atoms with Crippen LogP contribution >= 0.6 is 11.6 Å². The van der Waals surface area contributed by atoms with Crippen molar-refractivity contribution in [3.8, 4) is 6.07 Å². The van der Waals surface area contributed by atoms with E-state index in [2.05, 4.69) is 16.4 Å². The Morgan fingerprint density at radius 1 is 1.28 bits per heavy atom. The van der Waals surface area contributed by atoms with E-state index in [4.69, 9.17) is 11.6 Å². The van der Waals surface area contributed by atoms with Gasteiger partial charge in [0.15, 0.2) is 0 Å². The van der Waals surface area contributed by atoms with Crippen LogP contribution in [0.3, 0.4) is 0 Å². The molecule has 3 nitrogen and oxygen atoms in total. The van der Waals surface area contributed by atoms with Crippen molar-refractivity contribution in [3.05, 3.63) is 59.4 Å². The Morgan fingerprint density at radius 3 is 2.56 bits per heavy atom. The van der Waals surface area contributed by atoms with E-state index < -0.39 is 5.54 Å². The number of benzene rings is 1. The second-order valence-electron chi connectivity index (χ2n) is 4.11. The number of nitriles is 1. The van der Waals surface area contributed by atoms with Gasteiger partial charge in [0.1, 0.15) is 5.54 Å². The van der Waals surface area contributed by atoms with Crippen LogP contribution in [0.4, 0.5) is 5.69 Å². The minimum atomic E-state index is -0.817. The quantitative estimate of drug-likeness (QED) is 0.914. The molecule has 0 radical (unpaired) electrons. The summed E-state index contributed by atoms with van der Waals surface area (Å²) in [6, 6.07) is 13.2. The first-order chi connectivity index (χ1) is 8.64. The van der Waals surface area contributed by atoms with Crippen molar-refractivity contribution in [2.75, 3.05) is 5.32 Å². The van der Waals surface area contributed by atoms with Gasteiger partial charge in [0, 0.05) is 28.7 Å². The fraction of sp³-hybridized carbons (Fsp3) is 0.143. The molecule has 0 aliphatic heterocycles. The van der Waals surface area contributed by atoms with Crippen LogP contribution < -0.4 is 5.32 Å². The molecule has 1 N–H and O–H groups in total. The van der Waals surface area contributed by atoms with Gasteiger partial charge in [0.05, 0.1) is 6.07 Å². The lowest BCUT2D eigenvalue weighted by Gasteiger charge is -2.24. The van der Waals surface area contributed by atoms with Gasteiger partial charge in [-0.1, -0.05) is 17.7 Å². The maximum absolute atomic E-state index is 9.39. The lowest BCUT2D eigenvalue weighted by Crippen LogP contribution is -2.30. The number of nitrogens with one attached hydrogen (secondary N) is 1. The molecular weight excluding hydrogens is 246 g/mol. The van der Waals surface area contributed by atoms with Crippen LogP contribution in [0.25, 0.3) is 0 Å². The van der Waals surface area contributed by atoms with Gasteiger partial charge in [-0.15, -0.1) is 0 Å². The molecular formula is C14H12ClN3. The van der Waals surface area contributed by atoms with Crippen molar-refractivity contribution in [1.82, 2.24) is 4.98 Å². The zero-order valence-electron chi connectivity index (χ0n) is 9.89. The monoisotopic (exact) mass is 257 g/mol. The van der Waals surface area contributed by atoms with Crippen LogP contribution in [0.2, 0.25) is 5.02 Å². The maximum Gasteiger partial charge on any atom is 0.149 e. The summed E-state index contributed by atoms with van der Waals surface area (Å²) in [5.74, 6) is 0.